The molecule has 8 heteroatoms. The Morgan fingerprint density at radius 1 is 1.41 bits per heavy atom. The molecule has 0 unspecified atom stereocenters. The van der Waals surface area contributed by atoms with Gasteiger partial charge < -0.3 is 5.11 Å². The van der Waals surface area contributed by atoms with E-state index in [1.54, 1.807) is 0 Å². The van der Waals surface area contributed by atoms with Gasteiger partial charge >= 0.3 is 5.97 Å². The van der Waals surface area contributed by atoms with E-state index < -0.39 is 22.0 Å². The van der Waals surface area contributed by atoms with Crippen LogP contribution in [0.2, 0.25) is 0 Å². The van der Waals surface area contributed by atoms with Crippen molar-refractivity contribution in [3.05, 3.63) is 69.0 Å². The number of non-ortho nitro benzene ring substituents is 1. The molecule has 112 valence electrons. The SMILES string of the molecule is C=CCn1nc(-c2ccc([N+](=O)[O-])cc2)cc(C(=O)O)c1=O. The van der Waals surface area contributed by atoms with Gasteiger partial charge in [-0.15, -0.1) is 6.58 Å². The maximum atomic E-state index is 11.9. The van der Waals surface area contributed by atoms with Crippen LogP contribution in [-0.2, 0) is 6.54 Å². The molecule has 0 aliphatic carbocycles. The molecule has 0 bridgehead atoms. The fourth-order valence-electron chi connectivity index (χ4n) is 1.84. The van der Waals surface area contributed by atoms with E-state index in [1.165, 1.54) is 30.3 Å². The van der Waals surface area contributed by atoms with Crippen molar-refractivity contribution in [2.45, 2.75) is 6.54 Å². The van der Waals surface area contributed by atoms with E-state index in [-0.39, 0.29) is 17.9 Å². The molecule has 0 saturated carbocycles. The van der Waals surface area contributed by atoms with Crippen LogP contribution >= 0.6 is 0 Å². The molecule has 0 radical (unpaired) electrons. The van der Waals surface area contributed by atoms with Gasteiger partial charge in [-0.1, -0.05) is 6.08 Å². The third-order valence-corrected chi connectivity index (χ3v) is 2.88. The highest BCUT2D eigenvalue weighted by atomic mass is 16.6. The molecular formula is C14H11N3O5. The minimum Gasteiger partial charge on any atom is -0.477 e. The first-order chi connectivity index (χ1) is 10.4. The van der Waals surface area contributed by atoms with Crippen LogP contribution in [0.15, 0.2) is 47.8 Å². The molecule has 0 atom stereocenters. The van der Waals surface area contributed by atoms with Crippen LogP contribution in [0.25, 0.3) is 11.3 Å². The summed E-state index contributed by atoms with van der Waals surface area (Å²) in [6.45, 7) is 3.54. The summed E-state index contributed by atoms with van der Waals surface area (Å²) < 4.78 is 0.979. The number of nitro groups is 1. The van der Waals surface area contributed by atoms with Gasteiger partial charge in [0.2, 0.25) is 0 Å². The van der Waals surface area contributed by atoms with Gasteiger partial charge in [-0.3, -0.25) is 14.9 Å². The first kappa shape index (κ1) is 15.1. The summed E-state index contributed by atoms with van der Waals surface area (Å²) in [5.41, 5.74) is -0.565. The van der Waals surface area contributed by atoms with Crippen LogP contribution < -0.4 is 5.56 Å². The van der Waals surface area contributed by atoms with Crippen molar-refractivity contribution in [3.8, 4) is 11.3 Å². The molecule has 1 heterocycles. The van der Waals surface area contributed by atoms with E-state index in [0.29, 0.717) is 5.56 Å². The topological polar surface area (TPSA) is 115 Å². The normalized spacial score (nSPS) is 10.2. The second-order valence-electron chi connectivity index (χ2n) is 4.33. The standard InChI is InChI=1S/C14H11N3O5/c1-2-7-16-13(18)11(14(19)20)8-12(15-16)9-3-5-10(6-4-9)17(21)22/h2-6,8H,1,7H2,(H,19,20). The molecule has 1 aromatic carbocycles. The molecule has 1 aromatic heterocycles. The second-order valence-corrected chi connectivity index (χ2v) is 4.33. The van der Waals surface area contributed by atoms with Gasteiger partial charge in [-0.25, -0.2) is 9.48 Å². The highest BCUT2D eigenvalue weighted by Crippen LogP contribution is 2.20. The summed E-state index contributed by atoms with van der Waals surface area (Å²) in [5.74, 6) is -1.37. The van der Waals surface area contributed by atoms with Gasteiger partial charge in [0.25, 0.3) is 11.2 Å². The Morgan fingerprint density at radius 2 is 2.05 bits per heavy atom. The zero-order valence-electron chi connectivity index (χ0n) is 11.3. The van der Waals surface area contributed by atoms with Crippen molar-refractivity contribution < 1.29 is 14.8 Å². The van der Waals surface area contributed by atoms with Crippen molar-refractivity contribution in [1.29, 1.82) is 0 Å². The van der Waals surface area contributed by atoms with E-state index in [0.717, 1.165) is 10.7 Å². The van der Waals surface area contributed by atoms with Crippen molar-refractivity contribution in [3.63, 3.8) is 0 Å². The lowest BCUT2D eigenvalue weighted by Gasteiger charge is -2.07. The summed E-state index contributed by atoms with van der Waals surface area (Å²) in [4.78, 5) is 33.1. The van der Waals surface area contributed by atoms with Crippen LogP contribution in [-0.4, -0.2) is 25.8 Å². The zero-order chi connectivity index (χ0) is 16.3. The van der Waals surface area contributed by atoms with Gasteiger partial charge in [-0.2, -0.15) is 5.10 Å². The Morgan fingerprint density at radius 3 is 2.55 bits per heavy atom. The van der Waals surface area contributed by atoms with Gasteiger partial charge in [0.15, 0.2) is 0 Å². The molecule has 1 N–H and O–H groups in total. The lowest BCUT2D eigenvalue weighted by molar-refractivity contribution is -0.384. The summed E-state index contributed by atoms with van der Waals surface area (Å²) in [7, 11) is 0. The summed E-state index contributed by atoms with van der Waals surface area (Å²) in [6.07, 6.45) is 1.42. The lowest BCUT2D eigenvalue weighted by atomic mass is 10.1. The number of aromatic carboxylic acids is 1. The van der Waals surface area contributed by atoms with Crippen molar-refractivity contribution in [2.24, 2.45) is 0 Å². The number of aromatic nitrogens is 2. The van der Waals surface area contributed by atoms with Gasteiger partial charge in [0, 0.05) is 17.7 Å². The Kier molecular flexibility index (Phi) is 4.12. The van der Waals surface area contributed by atoms with Crippen LogP contribution in [0, 0.1) is 10.1 Å². The highest BCUT2D eigenvalue weighted by molar-refractivity contribution is 5.88. The number of rotatable bonds is 5. The minimum atomic E-state index is -1.37. The second kappa shape index (κ2) is 6.00. The summed E-state index contributed by atoms with van der Waals surface area (Å²) in [6, 6.07) is 6.58. The molecular weight excluding hydrogens is 290 g/mol. The molecule has 0 aliphatic heterocycles. The number of carboxylic acids is 1. The third kappa shape index (κ3) is 2.90. The molecule has 22 heavy (non-hydrogen) atoms. The number of carbonyl (C=O) groups is 1. The Bertz CT molecular complexity index is 808. The first-order valence-electron chi connectivity index (χ1n) is 6.15. The van der Waals surface area contributed by atoms with E-state index in [1.807, 2.05) is 0 Å². The number of carboxylic acid groups (broad SMARTS) is 1. The number of nitro benzene ring substituents is 1. The Labute approximate surface area is 124 Å². The quantitative estimate of drug-likeness (QED) is 0.510. The largest absolute Gasteiger partial charge is 0.477 e. The Balaban J connectivity index is 2.59. The average molecular weight is 301 g/mol. The van der Waals surface area contributed by atoms with E-state index >= 15 is 0 Å². The average Bonchev–Trinajstić information content (AvgIpc) is 2.49. The van der Waals surface area contributed by atoms with Crippen molar-refractivity contribution in [2.75, 3.05) is 0 Å². The fourth-order valence-corrected chi connectivity index (χ4v) is 1.84. The molecule has 0 aliphatic rings. The van der Waals surface area contributed by atoms with Crippen molar-refractivity contribution in [1.82, 2.24) is 9.78 Å². The van der Waals surface area contributed by atoms with E-state index in [2.05, 4.69) is 11.7 Å². The predicted molar refractivity (Wildman–Crippen MR) is 77.7 cm³/mol. The lowest BCUT2D eigenvalue weighted by Crippen LogP contribution is -2.28. The van der Waals surface area contributed by atoms with Gasteiger partial charge in [0.05, 0.1) is 17.2 Å². The highest BCUT2D eigenvalue weighted by Gasteiger charge is 2.15. The molecule has 0 amide bonds. The van der Waals surface area contributed by atoms with Gasteiger partial charge in [0.1, 0.15) is 5.56 Å². The van der Waals surface area contributed by atoms with E-state index in [9.17, 15) is 19.7 Å². The summed E-state index contributed by atoms with van der Waals surface area (Å²) >= 11 is 0. The minimum absolute atomic E-state index is 0.0555. The number of hydrogen-bond acceptors (Lipinski definition) is 5. The van der Waals surface area contributed by atoms with Crippen LogP contribution in [0.1, 0.15) is 10.4 Å². The maximum absolute atomic E-state index is 11.9. The van der Waals surface area contributed by atoms with Crippen molar-refractivity contribution >= 4 is 11.7 Å². The first-order valence-corrected chi connectivity index (χ1v) is 6.15. The van der Waals surface area contributed by atoms with E-state index in [4.69, 9.17) is 5.11 Å². The van der Waals surface area contributed by atoms with Crippen LogP contribution in [0.3, 0.4) is 0 Å². The van der Waals surface area contributed by atoms with Gasteiger partial charge in [-0.05, 0) is 18.2 Å². The smallest absolute Gasteiger partial charge is 0.341 e. The summed E-state index contributed by atoms with van der Waals surface area (Å²) in [5, 5.41) is 23.8. The Hall–Kier alpha value is -3.29. The molecule has 2 rings (SSSR count). The molecule has 8 nitrogen and oxygen atoms in total. The fraction of sp³-hybridized carbons (Fsp3) is 0.0714. The number of benzene rings is 1. The molecule has 0 spiro atoms. The van der Waals surface area contributed by atoms with Crippen LogP contribution in [0.5, 0.6) is 0 Å². The number of hydrogen-bond donors (Lipinski definition) is 1. The molecule has 0 saturated heterocycles. The maximum Gasteiger partial charge on any atom is 0.341 e. The molecule has 2 aromatic rings. The van der Waals surface area contributed by atoms with Crippen LogP contribution in [0.4, 0.5) is 5.69 Å². The number of nitrogens with zero attached hydrogens (tertiary/aromatic N) is 3. The molecule has 0 fully saturated rings. The monoisotopic (exact) mass is 301 g/mol. The third-order valence-electron chi connectivity index (χ3n) is 2.88. The zero-order valence-corrected chi connectivity index (χ0v) is 11.3. The predicted octanol–water partition coefficient (Wildman–Crippen LogP) is 1.70. The number of allylic oxidation sites excluding steroid dienone is 1.